The molecule has 3 heteroatoms. The van der Waals surface area contributed by atoms with Crippen molar-refractivity contribution in [1.82, 2.24) is 5.32 Å². The first-order chi connectivity index (χ1) is 6.75. The fourth-order valence-electron chi connectivity index (χ4n) is 2.46. The summed E-state index contributed by atoms with van der Waals surface area (Å²) in [6.45, 7) is 6.23. The molecule has 0 amide bonds. The van der Waals surface area contributed by atoms with Crippen molar-refractivity contribution in [3.63, 3.8) is 0 Å². The van der Waals surface area contributed by atoms with Crippen LogP contribution in [0.25, 0.3) is 0 Å². The van der Waals surface area contributed by atoms with Crippen molar-refractivity contribution in [2.45, 2.75) is 39.2 Å². The molecular formula is C11H20N2O. The molecular weight excluding hydrogens is 176 g/mol. The lowest BCUT2D eigenvalue weighted by molar-refractivity contribution is 0.232. The van der Waals surface area contributed by atoms with Gasteiger partial charge in [0.2, 0.25) is 0 Å². The van der Waals surface area contributed by atoms with Gasteiger partial charge < -0.3 is 10.1 Å². The largest absolute Gasteiger partial charge is 0.463 e. The van der Waals surface area contributed by atoms with Crippen LogP contribution in [0, 0.1) is 11.8 Å². The molecule has 1 aliphatic heterocycles. The van der Waals surface area contributed by atoms with E-state index in [4.69, 9.17) is 4.74 Å². The van der Waals surface area contributed by atoms with Crippen molar-refractivity contribution in [3.05, 3.63) is 0 Å². The third kappa shape index (κ3) is 2.20. The van der Waals surface area contributed by atoms with Gasteiger partial charge in [-0.1, -0.05) is 13.8 Å². The topological polar surface area (TPSA) is 33.6 Å². The van der Waals surface area contributed by atoms with E-state index in [1.807, 2.05) is 0 Å². The average Bonchev–Trinajstić information content (AvgIpc) is 2.62. The van der Waals surface area contributed by atoms with E-state index in [1.165, 1.54) is 19.3 Å². The summed E-state index contributed by atoms with van der Waals surface area (Å²) >= 11 is 0. The molecule has 1 fully saturated rings. The molecule has 2 rings (SSSR count). The van der Waals surface area contributed by atoms with E-state index in [0.29, 0.717) is 6.04 Å². The molecule has 2 aliphatic rings. The van der Waals surface area contributed by atoms with Crippen LogP contribution >= 0.6 is 0 Å². The van der Waals surface area contributed by atoms with Crippen molar-refractivity contribution < 1.29 is 4.74 Å². The van der Waals surface area contributed by atoms with E-state index < -0.39 is 0 Å². The predicted molar refractivity (Wildman–Crippen MR) is 57.4 cm³/mol. The fourth-order valence-corrected chi connectivity index (χ4v) is 2.46. The summed E-state index contributed by atoms with van der Waals surface area (Å²) < 4.78 is 5.37. The summed E-state index contributed by atoms with van der Waals surface area (Å²) in [6, 6.07) is 1.35. The molecule has 14 heavy (non-hydrogen) atoms. The van der Waals surface area contributed by atoms with Crippen LogP contribution in [0.1, 0.15) is 33.1 Å². The molecule has 0 aromatic heterocycles. The summed E-state index contributed by atoms with van der Waals surface area (Å²) in [5.41, 5.74) is 0. The molecule has 0 bridgehead atoms. The molecule has 1 heterocycles. The minimum atomic E-state index is 0.572. The number of amidine groups is 1. The van der Waals surface area contributed by atoms with E-state index in [1.54, 1.807) is 0 Å². The molecule has 1 N–H and O–H groups in total. The lowest BCUT2D eigenvalue weighted by atomic mass is 9.80. The molecule has 0 saturated heterocycles. The molecule has 0 unspecified atom stereocenters. The van der Waals surface area contributed by atoms with E-state index in [2.05, 4.69) is 24.2 Å². The monoisotopic (exact) mass is 196 g/mol. The molecule has 80 valence electrons. The number of aliphatic imine (C=N–C) groups is 1. The van der Waals surface area contributed by atoms with Crippen molar-refractivity contribution in [3.8, 4) is 0 Å². The van der Waals surface area contributed by atoms with Crippen LogP contribution in [0.15, 0.2) is 4.99 Å². The summed E-state index contributed by atoms with van der Waals surface area (Å²) in [6.07, 6.45) is 3.91. The minimum Gasteiger partial charge on any atom is -0.463 e. The van der Waals surface area contributed by atoms with Gasteiger partial charge in [-0.15, -0.1) is 0 Å². The number of nitrogens with zero attached hydrogens (tertiary/aromatic N) is 1. The van der Waals surface area contributed by atoms with Crippen LogP contribution in [0.4, 0.5) is 0 Å². The van der Waals surface area contributed by atoms with Crippen LogP contribution in [-0.2, 0) is 4.74 Å². The molecule has 3 nitrogen and oxygen atoms in total. The van der Waals surface area contributed by atoms with Crippen molar-refractivity contribution in [2.24, 2.45) is 16.8 Å². The number of hydrogen-bond acceptors (Lipinski definition) is 3. The number of rotatable bonds is 1. The second-order valence-corrected chi connectivity index (χ2v) is 4.68. The van der Waals surface area contributed by atoms with E-state index in [-0.39, 0.29) is 0 Å². The lowest BCUT2D eigenvalue weighted by Crippen LogP contribution is -2.42. The van der Waals surface area contributed by atoms with Gasteiger partial charge in [0, 0.05) is 6.04 Å². The van der Waals surface area contributed by atoms with Gasteiger partial charge in [0.1, 0.15) is 6.61 Å². The first-order valence-electron chi connectivity index (χ1n) is 5.69. The Bertz CT molecular complexity index is 227. The van der Waals surface area contributed by atoms with Crippen molar-refractivity contribution >= 4 is 6.02 Å². The Balaban J connectivity index is 1.85. The molecule has 1 saturated carbocycles. The third-order valence-corrected chi connectivity index (χ3v) is 3.33. The summed E-state index contributed by atoms with van der Waals surface area (Å²) in [5, 5.41) is 3.42. The number of ether oxygens (including phenoxy) is 1. The SMILES string of the molecule is C[C@@H]1CC[C@@H](NC2=NCCO2)[C@H](C)C1. The highest BCUT2D eigenvalue weighted by Gasteiger charge is 2.26. The van der Waals surface area contributed by atoms with E-state index >= 15 is 0 Å². The quantitative estimate of drug-likeness (QED) is 0.693. The second kappa shape index (κ2) is 4.20. The maximum atomic E-state index is 5.37. The van der Waals surface area contributed by atoms with Crippen LogP contribution in [0.2, 0.25) is 0 Å². The Morgan fingerprint density at radius 1 is 1.36 bits per heavy atom. The molecule has 0 spiro atoms. The summed E-state index contributed by atoms with van der Waals surface area (Å²) in [5.74, 6) is 1.63. The van der Waals surface area contributed by atoms with Crippen LogP contribution in [-0.4, -0.2) is 25.2 Å². The average molecular weight is 196 g/mol. The number of hydrogen-bond donors (Lipinski definition) is 1. The first-order valence-corrected chi connectivity index (χ1v) is 5.69. The van der Waals surface area contributed by atoms with Gasteiger partial charge in [-0.25, -0.2) is 4.99 Å². The van der Waals surface area contributed by atoms with Crippen LogP contribution in [0.5, 0.6) is 0 Å². The number of nitrogens with one attached hydrogen (secondary N) is 1. The molecule has 0 aromatic rings. The standard InChI is InChI=1S/C11H20N2O/c1-8-3-4-10(9(2)7-8)13-11-12-5-6-14-11/h8-10H,3-7H2,1-2H3,(H,12,13)/t8-,9-,10-/m1/s1. The Morgan fingerprint density at radius 2 is 2.21 bits per heavy atom. The zero-order valence-electron chi connectivity index (χ0n) is 9.12. The Hall–Kier alpha value is -0.730. The van der Waals surface area contributed by atoms with Gasteiger partial charge in [0.25, 0.3) is 6.02 Å². The Labute approximate surface area is 85.9 Å². The van der Waals surface area contributed by atoms with Gasteiger partial charge in [-0.3, -0.25) is 0 Å². The zero-order chi connectivity index (χ0) is 9.97. The summed E-state index contributed by atoms with van der Waals surface area (Å²) in [4.78, 5) is 4.27. The highest BCUT2D eigenvalue weighted by molar-refractivity contribution is 5.75. The zero-order valence-corrected chi connectivity index (χ0v) is 9.12. The molecule has 3 atom stereocenters. The van der Waals surface area contributed by atoms with Gasteiger partial charge in [0.05, 0.1) is 6.54 Å². The van der Waals surface area contributed by atoms with Gasteiger partial charge in [-0.05, 0) is 31.1 Å². The molecule has 0 aromatic carbocycles. The maximum Gasteiger partial charge on any atom is 0.285 e. The lowest BCUT2D eigenvalue weighted by Gasteiger charge is -2.33. The smallest absolute Gasteiger partial charge is 0.285 e. The van der Waals surface area contributed by atoms with Crippen LogP contribution < -0.4 is 5.32 Å². The van der Waals surface area contributed by atoms with Crippen molar-refractivity contribution in [2.75, 3.05) is 13.2 Å². The van der Waals surface area contributed by atoms with Crippen molar-refractivity contribution in [1.29, 1.82) is 0 Å². The van der Waals surface area contributed by atoms with E-state index in [9.17, 15) is 0 Å². The maximum absolute atomic E-state index is 5.37. The highest BCUT2D eigenvalue weighted by Crippen LogP contribution is 2.28. The minimum absolute atomic E-state index is 0.572. The summed E-state index contributed by atoms with van der Waals surface area (Å²) in [7, 11) is 0. The first kappa shape index (κ1) is 9.81. The normalized spacial score (nSPS) is 37.6. The van der Waals surface area contributed by atoms with Gasteiger partial charge in [-0.2, -0.15) is 0 Å². The molecule has 0 radical (unpaired) electrons. The fraction of sp³-hybridized carbons (Fsp3) is 0.909. The van der Waals surface area contributed by atoms with Gasteiger partial charge in [0.15, 0.2) is 0 Å². The Morgan fingerprint density at radius 3 is 2.86 bits per heavy atom. The molecule has 1 aliphatic carbocycles. The predicted octanol–water partition coefficient (Wildman–Crippen LogP) is 1.79. The third-order valence-electron chi connectivity index (χ3n) is 3.33. The van der Waals surface area contributed by atoms with Gasteiger partial charge >= 0.3 is 0 Å². The highest BCUT2D eigenvalue weighted by atomic mass is 16.5. The Kier molecular flexibility index (Phi) is 2.94. The van der Waals surface area contributed by atoms with Crippen LogP contribution in [0.3, 0.4) is 0 Å². The second-order valence-electron chi connectivity index (χ2n) is 4.68. The van der Waals surface area contributed by atoms with E-state index in [0.717, 1.165) is 31.0 Å².